The van der Waals surface area contributed by atoms with E-state index in [4.69, 9.17) is 17.3 Å². The van der Waals surface area contributed by atoms with E-state index in [-0.39, 0.29) is 5.91 Å². The van der Waals surface area contributed by atoms with Gasteiger partial charge in [0.25, 0.3) is 0 Å². The fourth-order valence-corrected chi connectivity index (χ4v) is 2.24. The predicted octanol–water partition coefficient (Wildman–Crippen LogP) is 3.07. The summed E-state index contributed by atoms with van der Waals surface area (Å²) in [7, 11) is 0. The highest BCUT2D eigenvalue weighted by atomic mass is 35.5. The minimum Gasteiger partial charge on any atom is -0.398 e. The molecule has 0 atom stereocenters. The molecule has 1 amide bonds. The molecule has 0 aliphatic carbocycles. The fourth-order valence-electron chi connectivity index (χ4n) is 2.10. The van der Waals surface area contributed by atoms with Crippen LogP contribution < -0.4 is 11.1 Å². The van der Waals surface area contributed by atoms with E-state index in [1.807, 2.05) is 39.0 Å². The SMILES string of the molecule is Cc1nn(CCC(=O)Nc2cccc(N)c2C)c(C)c1Cl. The lowest BCUT2D eigenvalue weighted by atomic mass is 10.1. The second-order valence-electron chi connectivity index (χ2n) is 5.03. The summed E-state index contributed by atoms with van der Waals surface area (Å²) in [4.78, 5) is 12.0. The molecule has 2 rings (SSSR count). The smallest absolute Gasteiger partial charge is 0.226 e. The maximum absolute atomic E-state index is 12.0. The van der Waals surface area contributed by atoms with Gasteiger partial charge in [0.05, 0.1) is 23.0 Å². The Morgan fingerprint density at radius 3 is 2.71 bits per heavy atom. The average Bonchev–Trinajstić information content (AvgIpc) is 2.69. The van der Waals surface area contributed by atoms with Crippen molar-refractivity contribution in [3.8, 4) is 0 Å². The third-order valence-electron chi connectivity index (χ3n) is 3.49. The van der Waals surface area contributed by atoms with Crippen molar-refractivity contribution in [3.63, 3.8) is 0 Å². The maximum atomic E-state index is 12.0. The zero-order valence-corrected chi connectivity index (χ0v) is 13.2. The summed E-state index contributed by atoms with van der Waals surface area (Å²) in [5.74, 6) is -0.0765. The van der Waals surface area contributed by atoms with Gasteiger partial charge in [0.15, 0.2) is 0 Å². The molecule has 0 unspecified atom stereocenters. The second kappa shape index (κ2) is 6.18. The highest BCUT2D eigenvalue weighted by Gasteiger charge is 2.11. The van der Waals surface area contributed by atoms with Crippen LogP contribution >= 0.6 is 11.6 Å². The van der Waals surface area contributed by atoms with Crippen LogP contribution in [0.4, 0.5) is 11.4 Å². The lowest BCUT2D eigenvalue weighted by molar-refractivity contribution is -0.116. The lowest BCUT2D eigenvalue weighted by Crippen LogP contribution is -2.16. The Morgan fingerprint density at radius 1 is 1.38 bits per heavy atom. The standard InChI is InChI=1S/C15H19ClN4O/c1-9-12(17)5-4-6-13(9)18-14(21)7-8-20-11(3)15(16)10(2)19-20/h4-6H,7-8,17H2,1-3H3,(H,18,21). The fraction of sp³-hybridized carbons (Fsp3) is 0.333. The first kappa shape index (κ1) is 15.4. The topological polar surface area (TPSA) is 72.9 Å². The van der Waals surface area contributed by atoms with Gasteiger partial charge >= 0.3 is 0 Å². The van der Waals surface area contributed by atoms with Gasteiger partial charge in [0.2, 0.25) is 5.91 Å². The summed E-state index contributed by atoms with van der Waals surface area (Å²) in [6.45, 7) is 6.11. The van der Waals surface area contributed by atoms with Crippen LogP contribution in [0.1, 0.15) is 23.4 Å². The van der Waals surface area contributed by atoms with Crippen LogP contribution in [-0.4, -0.2) is 15.7 Å². The molecule has 1 heterocycles. The van der Waals surface area contributed by atoms with Crippen LogP contribution in [0.5, 0.6) is 0 Å². The van der Waals surface area contributed by atoms with Crippen LogP contribution in [0.25, 0.3) is 0 Å². The molecule has 21 heavy (non-hydrogen) atoms. The van der Waals surface area contributed by atoms with E-state index >= 15 is 0 Å². The molecule has 0 fully saturated rings. The number of anilines is 2. The number of amides is 1. The molecular weight excluding hydrogens is 288 g/mol. The third kappa shape index (κ3) is 3.36. The molecule has 2 aromatic rings. The molecule has 1 aromatic heterocycles. The van der Waals surface area contributed by atoms with Crippen molar-refractivity contribution in [2.45, 2.75) is 33.7 Å². The number of nitrogens with zero attached hydrogens (tertiary/aromatic N) is 2. The van der Waals surface area contributed by atoms with Crippen molar-refractivity contribution in [1.29, 1.82) is 0 Å². The van der Waals surface area contributed by atoms with E-state index in [9.17, 15) is 4.79 Å². The number of aromatic nitrogens is 2. The minimum absolute atomic E-state index is 0.0765. The zero-order valence-electron chi connectivity index (χ0n) is 12.4. The van der Waals surface area contributed by atoms with E-state index < -0.39 is 0 Å². The van der Waals surface area contributed by atoms with Gasteiger partial charge in [-0.25, -0.2) is 0 Å². The Balaban J connectivity index is 1.99. The first-order valence-electron chi connectivity index (χ1n) is 6.74. The number of nitrogens with two attached hydrogens (primary N) is 1. The quantitative estimate of drug-likeness (QED) is 0.853. The Hall–Kier alpha value is -2.01. The number of rotatable bonds is 4. The van der Waals surface area contributed by atoms with E-state index in [1.165, 1.54) is 0 Å². The van der Waals surface area contributed by atoms with Gasteiger partial charge in [-0.3, -0.25) is 9.48 Å². The van der Waals surface area contributed by atoms with Gasteiger partial charge in [0.1, 0.15) is 0 Å². The molecule has 0 aliphatic rings. The second-order valence-corrected chi connectivity index (χ2v) is 5.40. The Bertz CT molecular complexity index is 679. The first-order chi connectivity index (χ1) is 9.90. The first-order valence-corrected chi connectivity index (χ1v) is 7.12. The molecule has 0 bridgehead atoms. The van der Waals surface area contributed by atoms with Crippen molar-refractivity contribution >= 4 is 28.9 Å². The third-order valence-corrected chi connectivity index (χ3v) is 4.04. The molecule has 112 valence electrons. The van der Waals surface area contributed by atoms with Crippen molar-refractivity contribution < 1.29 is 4.79 Å². The maximum Gasteiger partial charge on any atom is 0.226 e. The Kier molecular flexibility index (Phi) is 4.53. The Labute approximate surface area is 129 Å². The van der Waals surface area contributed by atoms with Gasteiger partial charge in [-0.15, -0.1) is 0 Å². The molecule has 0 saturated heterocycles. The summed E-state index contributed by atoms with van der Waals surface area (Å²) >= 11 is 6.08. The predicted molar refractivity (Wildman–Crippen MR) is 85.5 cm³/mol. The molecule has 0 spiro atoms. The normalized spacial score (nSPS) is 10.7. The molecule has 0 saturated carbocycles. The zero-order chi connectivity index (χ0) is 15.6. The van der Waals surface area contributed by atoms with Crippen LogP contribution in [0.3, 0.4) is 0 Å². The van der Waals surface area contributed by atoms with E-state index in [2.05, 4.69) is 10.4 Å². The van der Waals surface area contributed by atoms with Crippen molar-refractivity contribution in [1.82, 2.24) is 9.78 Å². The average molecular weight is 307 g/mol. The number of nitrogens with one attached hydrogen (secondary N) is 1. The minimum atomic E-state index is -0.0765. The number of benzene rings is 1. The van der Waals surface area contributed by atoms with Crippen LogP contribution in [-0.2, 0) is 11.3 Å². The molecule has 5 nitrogen and oxygen atoms in total. The van der Waals surface area contributed by atoms with Crippen molar-refractivity contribution in [2.24, 2.45) is 0 Å². The highest BCUT2D eigenvalue weighted by molar-refractivity contribution is 6.31. The number of carbonyl (C=O) groups is 1. The van der Waals surface area contributed by atoms with E-state index in [0.717, 1.165) is 22.6 Å². The molecule has 3 N–H and O–H groups in total. The van der Waals surface area contributed by atoms with Gasteiger partial charge < -0.3 is 11.1 Å². The largest absolute Gasteiger partial charge is 0.398 e. The van der Waals surface area contributed by atoms with Crippen molar-refractivity contribution in [2.75, 3.05) is 11.1 Å². The molecular formula is C15H19ClN4O. The summed E-state index contributed by atoms with van der Waals surface area (Å²) in [6, 6.07) is 5.46. The highest BCUT2D eigenvalue weighted by Crippen LogP contribution is 2.21. The van der Waals surface area contributed by atoms with E-state index in [0.29, 0.717) is 23.7 Å². The monoisotopic (exact) mass is 306 g/mol. The van der Waals surface area contributed by atoms with Gasteiger partial charge in [-0.2, -0.15) is 5.10 Å². The van der Waals surface area contributed by atoms with Gasteiger partial charge in [0, 0.05) is 17.8 Å². The van der Waals surface area contributed by atoms with Crippen LogP contribution in [0, 0.1) is 20.8 Å². The molecule has 0 radical (unpaired) electrons. The van der Waals surface area contributed by atoms with Crippen LogP contribution in [0.2, 0.25) is 5.02 Å². The number of aryl methyl sites for hydroxylation is 2. The number of carbonyl (C=O) groups excluding carboxylic acids is 1. The number of nitrogen functional groups attached to an aromatic ring is 1. The van der Waals surface area contributed by atoms with Gasteiger partial charge in [-0.05, 0) is 38.5 Å². The summed E-state index contributed by atoms with van der Waals surface area (Å²) in [5.41, 5.74) is 9.76. The molecule has 1 aromatic carbocycles. The summed E-state index contributed by atoms with van der Waals surface area (Å²) < 4.78 is 1.75. The van der Waals surface area contributed by atoms with Crippen molar-refractivity contribution in [3.05, 3.63) is 40.2 Å². The van der Waals surface area contributed by atoms with Crippen LogP contribution in [0.15, 0.2) is 18.2 Å². The Morgan fingerprint density at radius 2 is 2.10 bits per heavy atom. The summed E-state index contributed by atoms with van der Waals surface area (Å²) in [6.07, 6.45) is 0.326. The lowest BCUT2D eigenvalue weighted by Gasteiger charge is -2.10. The molecule has 0 aliphatic heterocycles. The molecule has 6 heteroatoms. The van der Waals surface area contributed by atoms with Gasteiger partial charge in [-0.1, -0.05) is 17.7 Å². The number of hydrogen-bond acceptors (Lipinski definition) is 3. The summed E-state index contributed by atoms with van der Waals surface area (Å²) in [5, 5.41) is 7.83. The number of halogens is 1. The van der Waals surface area contributed by atoms with E-state index in [1.54, 1.807) is 4.68 Å². The number of hydrogen-bond donors (Lipinski definition) is 2.